The molecule has 84 valence electrons. The van der Waals surface area contributed by atoms with Crippen LogP contribution in [0.2, 0.25) is 0 Å². The van der Waals surface area contributed by atoms with Gasteiger partial charge in [-0.2, -0.15) is 0 Å². The summed E-state index contributed by atoms with van der Waals surface area (Å²) in [6.45, 7) is 6.46. The lowest BCUT2D eigenvalue weighted by Crippen LogP contribution is -2.47. The molecular weight excluding hydrogens is 174 g/mol. The molecule has 2 atom stereocenters. The van der Waals surface area contributed by atoms with E-state index in [1.54, 1.807) is 0 Å². The molecule has 1 aliphatic rings. The summed E-state index contributed by atoms with van der Waals surface area (Å²) in [5.74, 6) is 0.636. The van der Waals surface area contributed by atoms with Crippen molar-refractivity contribution < 1.29 is 0 Å². The van der Waals surface area contributed by atoms with Crippen LogP contribution in [0.4, 0.5) is 0 Å². The number of rotatable bonds is 3. The standard InChI is InChI=1S/C11H25N3/c1-11(2,13)7-10(12)9-5-4-6-14(3)8-9/h9-10H,4-8,12-13H2,1-3H3. The normalized spacial score (nSPS) is 27.6. The van der Waals surface area contributed by atoms with E-state index in [-0.39, 0.29) is 11.6 Å². The van der Waals surface area contributed by atoms with Crippen LogP contribution in [0.5, 0.6) is 0 Å². The maximum atomic E-state index is 6.19. The first-order valence-electron chi connectivity index (χ1n) is 5.61. The Hall–Kier alpha value is -0.120. The van der Waals surface area contributed by atoms with Gasteiger partial charge in [0.2, 0.25) is 0 Å². The van der Waals surface area contributed by atoms with Crippen LogP contribution in [-0.4, -0.2) is 36.6 Å². The van der Waals surface area contributed by atoms with E-state index >= 15 is 0 Å². The molecule has 0 radical (unpaired) electrons. The third-order valence-corrected chi connectivity index (χ3v) is 3.03. The van der Waals surface area contributed by atoms with Gasteiger partial charge in [0.25, 0.3) is 0 Å². The summed E-state index contributed by atoms with van der Waals surface area (Å²) in [5, 5.41) is 0. The van der Waals surface area contributed by atoms with Gasteiger partial charge in [-0.05, 0) is 52.6 Å². The van der Waals surface area contributed by atoms with Gasteiger partial charge < -0.3 is 16.4 Å². The Kier molecular flexibility index (Phi) is 3.93. The van der Waals surface area contributed by atoms with Crippen molar-refractivity contribution in [2.24, 2.45) is 17.4 Å². The molecule has 1 fully saturated rings. The van der Waals surface area contributed by atoms with Gasteiger partial charge in [-0.1, -0.05) is 0 Å². The summed E-state index contributed by atoms with van der Waals surface area (Å²) in [6, 6.07) is 0.262. The first-order chi connectivity index (χ1) is 6.38. The summed E-state index contributed by atoms with van der Waals surface area (Å²) in [6.07, 6.45) is 3.47. The van der Waals surface area contributed by atoms with Crippen LogP contribution in [0.3, 0.4) is 0 Å². The molecule has 2 unspecified atom stereocenters. The molecule has 3 heteroatoms. The second kappa shape index (κ2) is 4.60. The van der Waals surface area contributed by atoms with Crippen LogP contribution in [0.1, 0.15) is 33.1 Å². The first-order valence-corrected chi connectivity index (χ1v) is 5.61. The maximum Gasteiger partial charge on any atom is 0.0112 e. The predicted octanol–water partition coefficient (Wildman–Crippen LogP) is 0.783. The molecule has 1 saturated heterocycles. The van der Waals surface area contributed by atoms with Crippen molar-refractivity contribution in [2.45, 2.75) is 44.7 Å². The summed E-state index contributed by atoms with van der Waals surface area (Å²) in [5.41, 5.74) is 12.0. The topological polar surface area (TPSA) is 55.3 Å². The highest BCUT2D eigenvalue weighted by Crippen LogP contribution is 2.21. The predicted molar refractivity (Wildman–Crippen MR) is 61.1 cm³/mol. The minimum Gasteiger partial charge on any atom is -0.327 e. The minimum absolute atomic E-state index is 0.130. The quantitative estimate of drug-likeness (QED) is 0.706. The minimum atomic E-state index is -0.130. The molecule has 14 heavy (non-hydrogen) atoms. The Morgan fingerprint density at radius 1 is 1.50 bits per heavy atom. The molecule has 0 aliphatic carbocycles. The largest absolute Gasteiger partial charge is 0.327 e. The van der Waals surface area contributed by atoms with Gasteiger partial charge in [-0.15, -0.1) is 0 Å². The lowest BCUT2D eigenvalue weighted by molar-refractivity contribution is 0.175. The van der Waals surface area contributed by atoms with Crippen LogP contribution in [-0.2, 0) is 0 Å². The van der Waals surface area contributed by atoms with Crippen LogP contribution < -0.4 is 11.5 Å². The highest BCUT2D eigenvalue weighted by Gasteiger charge is 2.26. The van der Waals surface area contributed by atoms with E-state index in [1.807, 2.05) is 0 Å². The van der Waals surface area contributed by atoms with Crippen molar-refractivity contribution in [3.8, 4) is 0 Å². The van der Waals surface area contributed by atoms with Crippen molar-refractivity contribution in [1.82, 2.24) is 4.90 Å². The van der Waals surface area contributed by atoms with Crippen molar-refractivity contribution in [2.75, 3.05) is 20.1 Å². The van der Waals surface area contributed by atoms with E-state index in [9.17, 15) is 0 Å². The molecule has 0 spiro atoms. The van der Waals surface area contributed by atoms with Gasteiger partial charge in [0.15, 0.2) is 0 Å². The van der Waals surface area contributed by atoms with E-state index < -0.39 is 0 Å². The van der Waals surface area contributed by atoms with E-state index in [0.29, 0.717) is 5.92 Å². The zero-order valence-electron chi connectivity index (χ0n) is 9.79. The fourth-order valence-electron chi connectivity index (χ4n) is 2.33. The van der Waals surface area contributed by atoms with Crippen LogP contribution in [0.15, 0.2) is 0 Å². The van der Waals surface area contributed by atoms with Gasteiger partial charge in [-0.25, -0.2) is 0 Å². The van der Waals surface area contributed by atoms with Gasteiger partial charge in [0.1, 0.15) is 0 Å². The molecule has 1 aliphatic heterocycles. The van der Waals surface area contributed by atoms with Gasteiger partial charge in [0, 0.05) is 18.1 Å². The number of piperidine rings is 1. The lowest BCUT2D eigenvalue weighted by Gasteiger charge is -2.35. The summed E-state index contributed by atoms with van der Waals surface area (Å²) >= 11 is 0. The Morgan fingerprint density at radius 2 is 2.14 bits per heavy atom. The second-order valence-corrected chi connectivity index (χ2v) is 5.52. The Bertz CT molecular complexity index is 174. The highest BCUT2D eigenvalue weighted by molar-refractivity contribution is 4.86. The Labute approximate surface area is 87.8 Å². The molecule has 0 amide bonds. The molecule has 1 rings (SSSR count). The second-order valence-electron chi connectivity index (χ2n) is 5.52. The van der Waals surface area contributed by atoms with Gasteiger partial charge in [-0.3, -0.25) is 0 Å². The van der Waals surface area contributed by atoms with Gasteiger partial charge in [0.05, 0.1) is 0 Å². The average molecular weight is 199 g/mol. The van der Waals surface area contributed by atoms with Crippen molar-refractivity contribution in [3.05, 3.63) is 0 Å². The molecule has 1 heterocycles. The Balaban J connectivity index is 2.39. The number of nitrogens with zero attached hydrogens (tertiary/aromatic N) is 1. The van der Waals surface area contributed by atoms with Crippen LogP contribution >= 0.6 is 0 Å². The SMILES string of the molecule is CN1CCCC(C(N)CC(C)(C)N)C1. The molecular formula is C11H25N3. The zero-order valence-corrected chi connectivity index (χ0v) is 9.79. The van der Waals surface area contributed by atoms with E-state index in [2.05, 4.69) is 25.8 Å². The maximum absolute atomic E-state index is 6.19. The Morgan fingerprint density at radius 3 is 2.64 bits per heavy atom. The summed E-state index contributed by atoms with van der Waals surface area (Å²) < 4.78 is 0. The van der Waals surface area contributed by atoms with Crippen molar-refractivity contribution >= 4 is 0 Å². The summed E-state index contributed by atoms with van der Waals surface area (Å²) in [7, 11) is 2.17. The molecule has 0 saturated carbocycles. The molecule has 0 aromatic heterocycles. The molecule has 4 N–H and O–H groups in total. The smallest absolute Gasteiger partial charge is 0.0112 e. The number of hydrogen-bond donors (Lipinski definition) is 2. The average Bonchev–Trinajstić information content (AvgIpc) is 2.01. The van der Waals surface area contributed by atoms with Crippen molar-refractivity contribution in [1.29, 1.82) is 0 Å². The third-order valence-electron chi connectivity index (χ3n) is 3.03. The number of likely N-dealkylation sites (tertiary alicyclic amines) is 1. The number of nitrogens with two attached hydrogens (primary N) is 2. The van der Waals surface area contributed by atoms with Gasteiger partial charge >= 0.3 is 0 Å². The van der Waals surface area contributed by atoms with Crippen molar-refractivity contribution in [3.63, 3.8) is 0 Å². The highest BCUT2D eigenvalue weighted by atomic mass is 15.1. The van der Waals surface area contributed by atoms with Crippen LogP contribution in [0.25, 0.3) is 0 Å². The van der Waals surface area contributed by atoms with Crippen LogP contribution in [0, 0.1) is 5.92 Å². The first kappa shape index (κ1) is 12.0. The zero-order chi connectivity index (χ0) is 10.8. The molecule has 3 nitrogen and oxygen atoms in total. The third kappa shape index (κ3) is 3.95. The fraction of sp³-hybridized carbons (Fsp3) is 1.00. The molecule has 0 bridgehead atoms. The summed E-state index contributed by atoms with van der Waals surface area (Å²) in [4.78, 5) is 2.37. The fourth-order valence-corrected chi connectivity index (χ4v) is 2.33. The molecule has 0 aromatic rings. The lowest BCUT2D eigenvalue weighted by atomic mass is 9.84. The monoisotopic (exact) mass is 199 g/mol. The van der Waals surface area contributed by atoms with E-state index in [1.165, 1.54) is 19.4 Å². The molecule has 0 aromatic carbocycles. The van der Waals surface area contributed by atoms with E-state index in [0.717, 1.165) is 13.0 Å². The van der Waals surface area contributed by atoms with E-state index in [4.69, 9.17) is 11.5 Å². The number of hydrogen-bond acceptors (Lipinski definition) is 3.